The van der Waals surface area contributed by atoms with Gasteiger partial charge in [-0.3, -0.25) is 0 Å². The van der Waals surface area contributed by atoms with Gasteiger partial charge in [-0.1, -0.05) is 140 Å². The fourth-order valence-electron chi connectivity index (χ4n) is 5.99. The molecule has 0 radical (unpaired) electrons. The molecule has 1 heterocycles. The Morgan fingerprint density at radius 1 is 0.540 bits per heavy atom. The van der Waals surface area contributed by atoms with Gasteiger partial charge in [0.2, 0.25) is 0 Å². The second kappa shape index (κ2) is 39.8. The van der Waals surface area contributed by atoms with Crippen molar-refractivity contribution in [2.75, 3.05) is 33.0 Å². The lowest BCUT2D eigenvalue weighted by atomic mass is 10.1. The number of rotatable bonds is 39. The van der Waals surface area contributed by atoms with E-state index in [2.05, 4.69) is 77.3 Å². The van der Waals surface area contributed by atoms with Crippen molar-refractivity contribution in [1.29, 1.82) is 0 Å². The number of hydrogen-bond acceptors (Lipinski definition) is 4. The number of imidazole rings is 1. The summed E-state index contributed by atoms with van der Waals surface area (Å²) in [4.78, 5) is 4.15. The smallest absolute Gasteiger partial charge is 0.0945 e. The van der Waals surface area contributed by atoms with E-state index in [-0.39, 0.29) is 6.04 Å². The van der Waals surface area contributed by atoms with Crippen LogP contribution in [0.4, 0.5) is 0 Å². The Kier molecular flexibility index (Phi) is 36.7. The quantitative estimate of drug-likeness (QED) is 0.0550. The molecule has 5 nitrogen and oxygen atoms in total. The van der Waals surface area contributed by atoms with Crippen molar-refractivity contribution >= 4 is 0 Å². The normalized spacial score (nSPS) is 12.9. The van der Waals surface area contributed by atoms with Crippen LogP contribution < -0.4 is 5.32 Å². The first kappa shape index (κ1) is 46.1. The molecule has 1 atom stereocenters. The third kappa shape index (κ3) is 34.5. The molecule has 288 valence electrons. The van der Waals surface area contributed by atoms with Gasteiger partial charge in [-0.25, -0.2) is 4.98 Å². The van der Waals surface area contributed by atoms with E-state index in [1.54, 1.807) is 0 Å². The topological polar surface area (TPSA) is 48.3 Å². The lowest BCUT2D eigenvalue weighted by molar-refractivity contribution is 0.0527. The van der Waals surface area contributed by atoms with E-state index in [1.807, 2.05) is 18.7 Å². The van der Waals surface area contributed by atoms with Crippen molar-refractivity contribution in [3.8, 4) is 0 Å². The van der Waals surface area contributed by atoms with Crippen LogP contribution in [0.3, 0.4) is 0 Å². The predicted octanol–water partition coefficient (Wildman–Crippen LogP) is 12.9. The summed E-state index contributed by atoms with van der Waals surface area (Å²) < 4.78 is 14.4. The maximum Gasteiger partial charge on any atom is 0.0945 e. The van der Waals surface area contributed by atoms with E-state index >= 15 is 0 Å². The number of aromatic nitrogens is 2. The van der Waals surface area contributed by atoms with Gasteiger partial charge < -0.3 is 19.4 Å². The van der Waals surface area contributed by atoms with Gasteiger partial charge in [0, 0.05) is 32.2 Å². The first-order valence-electron chi connectivity index (χ1n) is 21.3. The average molecular weight is 696 g/mol. The molecule has 0 aliphatic carbocycles. The number of nitrogens with one attached hydrogen (secondary N) is 1. The van der Waals surface area contributed by atoms with E-state index < -0.39 is 0 Å². The highest BCUT2D eigenvalue weighted by atomic mass is 16.5. The molecule has 5 heteroatoms. The molecule has 1 rings (SSSR count). The Labute approximate surface area is 310 Å². The van der Waals surface area contributed by atoms with Crippen LogP contribution in [-0.2, 0) is 16.0 Å². The number of nitrogens with zero attached hydrogens (tertiary/aromatic N) is 2. The standard InChI is InChI=1S/C45H81N3O2/c1-3-5-7-9-11-13-15-17-19-21-23-25-27-29-31-33-40-49-42-45(47-36-35-38-48-39-37-46-44-48)43-50-41-34-32-30-28-26-24-22-20-18-16-14-12-10-8-6-4-2/h11-14,17-20,37,39,44-45,47H,3-10,15-16,21-36,38,40-43H2,1-2H3/b13-11-,14-12+,19-17-,20-18+. The molecule has 50 heavy (non-hydrogen) atoms. The molecule has 0 bridgehead atoms. The minimum atomic E-state index is 0.256. The van der Waals surface area contributed by atoms with Crippen LogP contribution in [0.5, 0.6) is 0 Å². The summed E-state index contributed by atoms with van der Waals surface area (Å²) >= 11 is 0. The largest absolute Gasteiger partial charge is 0.380 e. The molecule has 0 aliphatic heterocycles. The van der Waals surface area contributed by atoms with Crippen LogP contribution in [0.2, 0.25) is 0 Å². The molecule has 0 aliphatic rings. The number of allylic oxidation sites excluding steroid dienone is 8. The Morgan fingerprint density at radius 2 is 0.980 bits per heavy atom. The molecule has 0 fully saturated rings. The fraction of sp³-hybridized carbons (Fsp3) is 0.756. The number of unbranched alkanes of at least 4 members (excludes halogenated alkanes) is 18. The summed E-state index contributed by atoms with van der Waals surface area (Å²) in [7, 11) is 0. The third-order valence-corrected chi connectivity index (χ3v) is 9.20. The van der Waals surface area contributed by atoms with Crippen molar-refractivity contribution in [2.45, 2.75) is 187 Å². The molecule has 0 saturated heterocycles. The second-order valence-corrected chi connectivity index (χ2v) is 14.1. The fourth-order valence-corrected chi connectivity index (χ4v) is 5.99. The molecular weight excluding hydrogens is 615 g/mol. The van der Waals surface area contributed by atoms with Crippen molar-refractivity contribution in [3.63, 3.8) is 0 Å². The molecule has 1 aromatic rings. The summed E-state index contributed by atoms with van der Waals surface area (Å²) in [6.45, 7) is 9.65. The number of hydrogen-bond donors (Lipinski definition) is 1. The van der Waals surface area contributed by atoms with Gasteiger partial charge >= 0.3 is 0 Å². The first-order valence-corrected chi connectivity index (χ1v) is 21.3. The zero-order valence-electron chi connectivity index (χ0n) is 33.1. The number of ether oxygens (including phenoxy) is 2. The molecule has 1 N–H and O–H groups in total. The van der Waals surface area contributed by atoms with Gasteiger partial charge in [0.05, 0.1) is 25.6 Å². The zero-order valence-corrected chi connectivity index (χ0v) is 33.1. The monoisotopic (exact) mass is 696 g/mol. The first-order chi connectivity index (χ1) is 24.9. The Bertz CT molecular complexity index is 840. The van der Waals surface area contributed by atoms with Crippen molar-refractivity contribution in [1.82, 2.24) is 14.9 Å². The molecule has 1 aromatic heterocycles. The summed E-state index contributed by atoms with van der Waals surface area (Å²) in [5.41, 5.74) is 0. The van der Waals surface area contributed by atoms with Crippen LogP contribution in [0.1, 0.15) is 174 Å². The van der Waals surface area contributed by atoms with Crippen molar-refractivity contribution < 1.29 is 9.47 Å². The maximum absolute atomic E-state index is 6.12. The van der Waals surface area contributed by atoms with Gasteiger partial charge in [0.15, 0.2) is 0 Å². The van der Waals surface area contributed by atoms with Gasteiger partial charge in [-0.2, -0.15) is 0 Å². The van der Waals surface area contributed by atoms with Crippen LogP contribution in [-0.4, -0.2) is 48.6 Å². The van der Waals surface area contributed by atoms with Gasteiger partial charge in [0.25, 0.3) is 0 Å². The molecule has 0 saturated carbocycles. The molecule has 0 aromatic carbocycles. The second-order valence-electron chi connectivity index (χ2n) is 14.1. The minimum absolute atomic E-state index is 0.256. The molecular formula is C45H81N3O2. The minimum Gasteiger partial charge on any atom is -0.380 e. The van der Waals surface area contributed by atoms with Crippen LogP contribution >= 0.6 is 0 Å². The SMILES string of the molecule is CCCCC/C=C\C/C=C\CCCCCCCCOCC(COCCCCCCCC/C=C/C/C=C/CCCCC)NCCCn1ccnc1. The molecule has 0 spiro atoms. The highest BCUT2D eigenvalue weighted by Gasteiger charge is 2.09. The predicted molar refractivity (Wildman–Crippen MR) is 219 cm³/mol. The van der Waals surface area contributed by atoms with E-state index in [9.17, 15) is 0 Å². The third-order valence-electron chi connectivity index (χ3n) is 9.20. The average Bonchev–Trinajstić information content (AvgIpc) is 3.65. The van der Waals surface area contributed by atoms with Crippen LogP contribution in [0, 0.1) is 0 Å². The Balaban J connectivity index is 2.04. The van der Waals surface area contributed by atoms with E-state index in [4.69, 9.17) is 9.47 Å². The van der Waals surface area contributed by atoms with Crippen molar-refractivity contribution in [3.05, 3.63) is 67.3 Å². The van der Waals surface area contributed by atoms with Crippen molar-refractivity contribution in [2.24, 2.45) is 0 Å². The van der Waals surface area contributed by atoms with E-state index in [1.165, 1.54) is 128 Å². The van der Waals surface area contributed by atoms with Gasteiger partial charge in [-0.05, 0) is 90.0 Å². The van der Waals surface area contributed by atoms with Crippen LogP contribution in [0.15, 0.2) is 67.3 Å². The van der Waals surface area contributed by atoms with E-state index in [0.29, 0.717) is 0 Å². The van der Waals surface area contributed by atoms with Gasteiger partial charge in [0.1, 0.15) is 0 Å². The summed E-state index contributed by atoms with van der Waals surface area (Å²) in [6.07, 6.45) is 56.2. The molecule has 0 amide bonds. The zero-order chi connectivity index (χ0) is 35.7. The number of aryl methyl sites for hydroxylation is 1. The van der Waals surface area contributed by atoms with E-state index in [0.717, 1.165) is 71.6 Å². The maximum atomic E-state index is 6.12. The summed E-state index contributed by atoms with van der Waals surface area (Å²) in [6, 6.07) is 0.256. The highest BCUT2D eigenvalue weighted by Crippen LogP contribution is 2.10. The Morgan fingerprint density at radius 3 is 1.42 bits per heavy atom. The van der Waals surface area contributed by atoms with Crippen LogP contribution in [0.25, 0.3) is 0 Å². The lowest BCUT2D eigenvalue weighted by Crippen LogP contribution is -2.38. The van der Waals surface area contributed by atoms with Gasteiger partial charge in [-0.15, -0.1) is 0 Å². The Hall–Kier alpha value is -1.95. The summed E-state index contributed by atoms with van der Waals surface area (Å²) in [5.74, 6) is 0. The summed E-state index contributed by atoms with van der Waals surface area (Å²) in [5, 5.41) is 3.69. The highest BCUT2D eigenvalue weighted by molar-refractivity contribution is 4.93. The molecule has 1 unspecified atom stereocenters. The lowest BCUT2D eigenvalue weighted by Gasteiger charge is -2.19.